The molecule has 0 aliphatic rings. The van der Waals surface area contributed by atoms with Gasteiger partial charge in [0, 0.05) is 5.75 Å². The Bertz CT molecular complexity index is 788. The van der Waals surface area contributed by atoms with Crippen LogP contribution in [0.25, 0.3) is 0 Å². The van der Waals surface area contributed by atoms with Gasteiger partial charge >= 0.3 is 5.97 Å². The lowest BCUT2D eigenvalue weighted by molar-refractivity contribution is -0.144. The van der Waals surface area contributed by atoms with Gasteiger partial charge in [-0.15, -0.1) is 11.8 Å². The highest BCUT2D eigenvalue weighted by Gasteiger charge is 2.38. The summed E-state index contributed by atoms with van der Waals surface area (Å²) in [6.45, 7) is 0.454. The summed E-state index contributed by atoms with van der Waals surface area (Å²) in [5.74, 6) is 0.166. The van der Waals surface area contributed by atoms with Crippen molar-refractivity contribution in [2.45, 2.75) is 11.2 Å². The van der Waals surface area contributed by atoms with Crippen LogP contribution in [0.3, 0.4) is 0 Å². The largest absolute Gasteiger partial charge is 0.469 e. The van der Waals surface area contributed by atoms with E-state index in [2.05, 4.69) is 72.8 Å². The molecule has 0 fully saturated rings. The van der Waals surface area contributed by atoms with Gasteiger partial charge in [0.25, 0.3) is 0 Å². The zero-order chi connectivity index (χ0) is 20.5. The van der Waals surface area contributed by atoms with Crippen molar-refractivity contribution in [1.82, 2.24) is 0 Å². The van der Waals surface area contributed by atoms with Crippen LogP contribution in [0.1, 0.15) is 23.1 Å². The number of methoxy groups -OCH3 is 1. The summed E-state index contributed by atoms with van der Waals surface area (Å²) in [5.41, 5.74) is 9.32. The van der Waals surface area contributed by atoms with E-state index < -0.39 is 4.75 Å². The zero-order valence-corrected chi connectivity index (χ0v) is 17.5. The summed E-state index contributed by atoms with van der Waals surface area (Å²) < 4.78 is 4.60. The molecule has 0 aliphatic carbocycles. The molecule has 1 unspecified atom stereocenters. The molecule has 3 aromatic rings. The molecule has 0 radical (unpaired) electrons. The number of thioether (sulfide) groups is 1. The van der Waals surface area contributed by atoms with Crippen molar-refractivity contribution in [3.8, 4) is 0 Å². The number of benzene rings is 3. The van der Waals surface area contributed by atoms with E-state index in [0.29, 0.717) is 18.7 Å². The second-order valence-corrected chi connectivity index (χ2v) is 8.12. The molecular formula is C25H27NO2S. The molecule has 3 aromatic carbocycles. The van der Waals surface area contributed by atoms with E-state index in [-0.39, 0.29) is 11.9 Å². The first-order chi connectivity index (χ1) is 14.2. The summed E-state index contributed by atoms with van der Waals surface area (Å²) in [6.07, 6.45) is 0.605. The van der Waals surface area contributed by atoms with Gasteiger partial charge in [-0.1, -0.05) is 91.0 Å². The van der Waals surface area contributed by atoms with Crippen LogP contribution in [0.5, 0.6) is 0 Å². The van der Waals surface area contributed by atoms with Crippen LogP contribution < -0.4 is 5.73 Å². The fourth-order valence-electron chi connectivity index (χ4n) is 3.63. The van der Waals surface area contributed by atoms with E-state index in [1.807, 2.05) is 18.2 Å². The second kappa shape index (κ2) is 10.3. The Hall–Kier alpha value is -2.56. The maximum atomic E-state index is 12.3. The van der Waals surface area contributed by atoms with Gasteiger partial charge in [0.05, 0.1) is 17.8 Å². The van der Waals surface area contributed by atoms with Gasteiger partial charge in [0.15, 0.2) is 0 Å². The summed E-state index contributed by atoms with van der Waals surface area (Å²) in [5, 5.41) is 0. The number of esters is 1. The van der Waals surface area contributed by atoms with Crippen molar-refractivity contribution in [2.24, 2.45) is 11.7 Å². The van der Waals surface area contributed by atoms with Gasteiger partial charge < -0.3 is 10.5 Å². The van der Waals surface area contributed by atoms with Crippen LogP contribution in [0, 0.1) is 5.92 Å². The van der Waals surface area contributed by atoms with Crippen molar-refractivity contribution >= 4 is 17.7 Å². The number of rotatable bonds is 9. The van der Waals surface area contributed by atoms with Crippen LogP contribution in [-0.2, 0) is 14.3 Å². The molecule has 0 saturated carbocycles. The first-order valence-electron chi connectivity index (χ1n) is 9.80. The topological polar surface area (TPSA) is 52.3 Å². The van der Waals surface area contributed by atoms with Crippen LogP contribution in [-0.4, -0.2) is 25.4 Å². The Morgan fingerprint density at radius 2 is 1.28 bits per heavy atom. The quantitative estimate of drug-likeness (QED) is 0.408. The fourth-order valence-corrected chi connectivity index (χ4v) is 5.29. The molecule has 0 bridgehead atoms. The SMILES string of the molecule is COC(=O)C(CCN)CSC(c1ccccc1)(c1ccccc1)c1ccccc1. The van der Waals surface area contributed by atoms with Crippen LogP contribution in [0.15, 0.2) is 91.0 Å². The Kier molecular flexibility index (Phi) is 7.50. The number of carbonyl (C=O) groups is 1. The lowest BCUT2D eigenvalue weighted by atomic mass is 9.84. The normalized spacial score (nSPS) is 12.3. The number of nitrogens with two attached hydrogens (primary N) is 1. The maximum absolute atomic E-state index is 12.3. The smallest absolute Gasteiger partial charge is 0.309 e. The molecule has 3 rings (SSSR count). The fraction of sp³-hybridized carbons (Fsp3) is 0.240. The Labute approximate surface area is 177 Å². The van der Waals surface area contributed by atoms with Crippen LogP contribution in [0.2, 0.25) is 0 Å². The molecule has 1 atom stereocenters. The third-order valence-corrected chi connectivity index (χ3v) is 6.80. The summed E-state index contributed by atoms with van der Waals surface area (Å²) in [6, 6.07) is 31.4. The third kappa shape index (κ3) is 4.72. The standard InChI is InChI=1S/C25H27NO2S/c1-28-24(27)20(17-18-26)19-29-25(21-11-5-2-6-12-21,22-13-7-3-8-14-22)23-15-9-4-10-16-23/h2-16,20H,17-19,26H2,1H3. The summed E-state index contributed by atoms with van der Waals surface area (Å²) in [4.78, 5) is 12.3. The molecule has 0 aliphatic heterocycles. The van der Waals surface area contributed by atoms with Gasteiger partial charge in [0.2, 0.25) is 0 Å². The Balaban J connectivity index is 2.13. The van der Waals surface area contributed by atoms with E-state index >= 15 is 0 Å². The van der Waals surface area contributed by atoms with Gasteiger partial charge in [-0.05, 0) is 29.7 Å². The minimum Gasteiger partial charge on any atom is -0.469 e. The molecule has 0 spiro atoms. The molecule has 150 valence electrons. The van der Waals surface area contributed by atoms with Gasteiger partial charge in [-0.2, -0.15) is 0 Å². The van der Waals surface area contributed by atoms with Crippen LogP contribution in [0.4, 0.5) is 0 Å². The van der Waals surface area contributed by atoms with Crippen molar-refractivity contribution in [1.29, 1.82) is 0 Å². The number of hydrogen-bond donors (Lipinski definition) is 1. The minimum absolute atomic E-state index is 0.203. The van der Waals surface area contributed by atoms with E-state index in [4.69, 9.17) is 10.5 Å². The van der Waals surface area contributed by atoms with Crippen molar-refractivity contribution in [3.63, 3.8) is 0 Å². The highest BCUT2D eigenvalue weighted by Crippen LogP contribution is 2.49. The first-order valence-corrected chi connectivity index (χ1v) is 10.8. The van der Waals surface area contributed by atoms with E-state index in [9.17, 15) is 4.79 Å². The van der Waals surface area contributed by atoms with Crippen LogP contribution >= 0.6 is 11.8 Å². The third-order valence-electron chi connectivity index (χ3n) is 5.09. The van der Waals surface area contributed by atoms with Crippen molar-refractivity contribution in [3.05, 3.63) is 108 Å². The number of carbonyl (C=O) groups excluding carboxylic acids is 1. The highest BCUT2D eigenvalue weighted by atomic mass is 32.2. The van der Waals surface area contributed by atoms with Gasteiger partial charge in [-0.25, -0.2) is 0 Å². The Morgan fingerprint density at radius 1 is 0.862 bits per heavy atom. The van der Waals surface area contributed by atoms with E-state index in [1.54, 1.807) is 11.8 Å². The molecule has 0 heterocycles. The predicted molar refractivity (Wildman–Crippen MR) is 121 cm³/mol. The highest BCUT2D eigenvalue weighted by molar-refractivity contribution is 8.00. The lowest BCUT2D eigenvalue weighted by Crippen LogP contribution is -2.29. The average Bonchev–Trinajstić information content (AvgIpc) is 2.80. The predicted octanol–water partition coefficient (Wildman–Crippen LogP) is 4.85. The maximum Gasteiger partial charge on any atom is 0.309 e. The monoisotopic (exact) mass is 405 g/mol. The summed E-state index contributed by atoms with van der Waals surface area (Å²) >= 11 is 1.76. The van der Waals surface area contributed by atoms with Crippen molar-refractivity contribution in [2.75, 3.05) is 19.4 Å². The number of hydrogen-bond acceptors (Lipinski definition) is 4. The first kappa shape index (κ1) is 21.2. The zero-order valence-electron chi connectivity index (χ0n) is 16.7. The molecule has 2 N–H and O–H groups in total. The lowest BCUT2D eigenvalue weighted by Gasteiger charge is -2.36. The number of ether oxygens (including phenoxy) is 1. The second-order valence-electron chi connectivity index (χ2n) is 6.89. The molecule has 3 nitrogen and oxygen atoms in total. The Morgan fingerprint density at radius 3 is 1.62 bits per heavy atom. The molecule has 0 amide bonds. The minimum atomic E-state index is -0.440. The van der Waals surface area contributed by atoms with E-state index in [0.717, 1.165) is 0 Å². The molecule has 29 heavy (non-hydrogen) atoms. The molecule has 0 saturated heterocycles. The van der Waals surface area contributed by atoms with Crippen molar-refractivity contribution < 1.29 is 9.53 Å². The average molecular weight is 406 g/mol. The van der Waals surface area contributed by atoms with Gasteiger partial charge in [0.1, 0.15) is 0 Å². The summed E-state index contributed by atoms with van der Waals surface area (Å²) in [7, 11) is 1.44. The molecule has 4 heteroatoms. The molecular weight excluding hydrogens is 378 g/mol. The van der Waals surface area contributed by atoms with Gasteiger partial charge in [-0.3, -0.25) is 4.79 Å². The van der Waals surface area contributed by atoms with E-state index in [1.165, 1.54) is 23.8 Å². The molecule has 0 aromatic heterocycles.